The second-order valence-corrected chi connectivity index (χ2v) is 7.65. The quantitative estimate of drug-likeness (QED) is 0.533. The highest BCUT2D eigenvalue weighted by Gasteiger charge is 2.39. The van der Waals surface area contributed by atoms with E-state index in [9.17, 15) is 0 Å². The van der Waals surface area contributed by atoms with Crippen LogP contribution in [0.3, 0.4) is 0 Å². The number of likely N-dealkylation sites (N-methyl/N-ethyl adjacent to an activating group) is 1. The zero-order chi connectivity index (χ0) is 18.6. The van der Waals surface area contributed by atoms with Gasteiger partial charge in [-0.05, 0) is 30.8 Å². The van der Waals surface area contributed by atoms with Crippen LogP contribution in [0.5, 0.6) is 0 Å². The van der Waals surface area contributed by atoms with E-state index in [2.05, 4.69) is 122 Å². The van der Waals surface area contributed by atoms with E-state index < -0.39 is 0 Å². The van der Waals surface area contributed by atoms with Crippen molar-refractivity contribution in [3.05, 3.63) is 120 Å². The number of hydrogen-bond donors (Lipinski definition) is 0. The van der Waals surface area contributed by atoms with Gasteiger partial charge in [0.15, 0.2) is 0 Å². The molecule has 0 aromatic heterocycles. The number of nitrogens with zero attached hydrogens (tertiary/aromatic N) is 1. The molecule has 0 aliphatic heterocycles. The predicted octanol–water partition coefficient (Wildman–Crippen LogP) is 5.84. The molecule has 4 atom stereocenters. The van der Waals surface area contributed by atoms with Gasteiger partial charge in [-0.1, -0.05) is 103 Å². The highest BCUT2D eigenvalue weighted by Crippen LogP contribution is 2.47. The van der Waals surface area contributed by atoms with Gasteiger partial charge < -0.3 is 4.90 Å². The van der Waals surface area contributed by atoms with Gasteiger partial charge in [0.05, 0.1) is 0 Å². The van der Waals surface area contributed by atoms with Gasteiger partial charge in [-0.25, -0.2) is 0 Å². The van der Waals surface area contributed by atoms with E-state index in [1.807, 2.05) is 0 Å². The van der Waals surface area contributed by atoms with Gasteiger partial charge in [0.25, 0.3) is 0 Å². The molecule has 1 heteroatoms. The molecule has 1 aliphatic rings. The fourth-order valence-corrected chi connectivity index (χ4v) is 4.61. The van der Waals surface area contributed by atoms with Gasteiger partial charge in [0, 0.05) is 23.8 Å². The van der Waals surface area contributed by atoms with Crippen LogP contribution in [0.4, 0.5) is 0 Å². The van der Waals surface area contributed by atoms with Crippen molar-refractivity contribution in [3.8, 4) is 0 Å². The van der Waals surface area contributed by atoms with Crippen molar-refractivity contribution in [3.63, 3.8) is 0 Å². The summed E-state index contributed by atoms with van der Waals surface area (Å²) in [5, 5.41) is 0. The summed E-state index contributed by atoms with van der Waals surface area (Å²) in [6.07, 6.45) is 4.86. The summed E-state index contributed by atoms with van der Waals surface area (Å²) in [5.41, 5.74) is 4.19. The van der Waals surface area contributed by atoms with Gasteiger partial charge >= 0.3 is 0 Å². The highest BCUT2D eigenvalue weighted by atomic mass is 15.1. The molecule has 0 saturated carbocycles. The van der Waals surface area contributed by atoms with Gasteiger partial charge in [-0.3, -0.25) is 0 Å². The van der Waals surface area contributed by atoms with Crippen LogP contribution in [0.25, 0.3) is 0 Å². The first-order chi connectivity index (χ1) is 13.3. The summed E-state index contributed by atoms with van der Waals surface area (Å²) in [5.74, 6) is 1.16. The van der Waals surface area contributed by atoms with Crippen LogP contribution < -0.4 is 0 Å². The van der Waals surface area contributed by atoms with E-state index in [1.165, 1.54) is 16.7 Å². The van der Waals surface area contributed by atoms with Crippen molar-refractivity contribution in [1.82, 2.24) is 4.90 Å². The van der Waals surface area contributed by atoms with Crippen molar-refractivity contribution in [2.45, 2.75) is 23.8 Å². The maximum Gasteiger partial charge on any atom is 0.0270 e. The van der Waals surface area contributed by atoms with E-state index >= 15 is 0 Å². The minimum Gasteiger partial charge on any atom is -0.305 e. The molecule has 0 heterocycles. The molecule has 0 N–H and O–H groups in total. The molecule has 1 aliphatic carbocycles. The van der Waals surface area contributed by atoms with Gasteiger partial charge in [0.2, 0.25) is 0 Å². The van der Waals surface area contributed by atoms with E-state index in [-0.39, 0.29) is 0 Å². The Morgan fingerprint density at radius 2 is 0.926 bits per heavy atom. The Morgan fingerprint density at radius 1 is 0.519 bits per heavy atom. The fraction of sp³-hybridized carbons (Fsp3) is 0.231. The molecule has 27 heavy (non-hydrogen) atoms. The Kier molecular flexibility index (Phi) is 5.22. The Hall–Kier alpha value is -2.64. The zero-order valence-corrected chi connectivity index (χ0v) is 16.1. The molecule has 0 unspecified atom stereocenters. The number of benzene rings is 3. The molecular weight excluding hydrogens is 326 g/mol. The highest BCUT2D eigenvalue weighted by molar-refractivity contribution is 5.40. The van der Waals surface area contributed by atoms with Crippen LogP contribution in [0.1, 0.15) is 34.4 Å². The summed E-state index contributed by atoms with van der Waals surface area (Å²) >= 11 is 0. The third-order valence-corrected chi connectivity index (χ3v) is 5.80. The summed E-state index contributed by atoms with van der Waals surface area (Å²) in [6.45, 7) is 0. The van der Waals surface area contributed by atoms with Crippen molar-refractivity contribution in [1.29, 1.82) is 0 Å². The fourth-order valence-electron chi connectivity index (χ4n) is 4.61. The van der Waals surface area contributed by atoms with Gasteiger partial charge in [-0.15, -0.1) is 0 Å². The molecule has 0 bridgehead atoms. The third-order valence-electron chi connectivity index (χ3n) is 5.80. The topological polar surface area (TPSA) is 3.24 Å². The molecular formula is C26H27N. The van der Waals surface area contributed by atoms with Gasteiger partial charge in [-0.2, -0.15) is 0 Å². The van der Waals surface area contributed by atoms with Crippen LogP contribution >= 0.6 is 0 Å². The summed E-state index contributed by atoms with van der Waals surface area (Å²) in [4.78, 5) is 2.41. The van der Waals surface area contributed by atoms with Crippen LogP contribution in [-0.4, -0.2) is 25.0 Å². The molecule has 3 aromatic rings. The maximum absolute atomic E-state index is 2.44. The molecule has 136 valence electrons. The first kappa shape index (κ1) is 17.8. The van der Waals surface area contributed by atoms with E-state index in [4.69, 9.17) is 0 Å². The second-order valence-electron chi connectivity index (χ2n) is 7.65. The molecule has 0 amide bonds. The second kappa shape index (κ2) is 7.94. The molecule has 0 saturated heterocycles. The van der Waals surface area contributed by atoms with Crippen molar-refractivity contribution in [2.75, 3.05) is 14.1 Å². The van der Waals surface area contributed by atoms with Crippen LogP contribution in [0.15, 0.2) is 103 Å². The molecule has 0 spiro atoms. The Bertz CT molecular complexity index is 868. The van der Waals surface area contributed by atoms with Crippen LogP contribution in [0.2, 0.25) is 0 Å². The molecule has 0 fully saturated rings. The summed E-state index contributed by atoms with van der Waals surface area (Å²) < 4.78 is 0. The summed E-state index contributed by atoms with van der Waals surface area (Å²) in [7, 11) is 4.44. The average Bonchev–Trinajstić information content (AvgIpc) is 2.74. The zero-order valence-electron chi connectivity index (χ0n) is 16.1. The van der Waals surface area contributed by atoms with E-state index in [0.717, 1.165) is 0 Å². The number of hydrogen-bond acceptors (Lipinski definition) is 1. The maximum atomic E-state index is 2.44. The molecule has 3 aromatic carbocycles. The molecule has 0 radical (unpaired) electrons. The van der Waals surface area contributed by atoms with Crippen molar-refractivity contribution in [2.24, 2.45) is 0 Å². The minimum absolute atomic E-state index is 0.376. The lowest BCUT2D eigenvalue weighted by atomic mass is 9.67. The van der Waals surface area contributed by atoms with E-state index in [0.29, 0.717) is 23.8 Å². The molecule has 1 nitrogen and oxygen atoms in total. The standard InChI is InChI=1S/C26H27N/c1-27(2)26-24(21-14-8-4-9-15-21)19-18-23(20-12-6-3-7-13-20)25(26)22-16-10-5-11-17-22/h3-19,23-26H,1-2H3/t23-,24+,25-,26-/m1/s1. The van der Waals surface area contributed by atoms with Crippen molar-refractivity contribution < 1.29 is 0 Å². The smallest absolute Gasteiger partial charge is 0.0270 e. The lowest BCUT2D eigenvalue weighted by molar-refractivity contribution is 0.215. The number of allylic oxidation sites excluding steroid dienone is 1. The lowest BCUT2D eigenvalue weighted by Crippen LogP contribution is -2.42. The third kappa shape index (κ3) is 3.61. The van der Waals surface area contributed by atoms with Gasteiger partial charge in [0.1, 0.15) is 0 Å². The Morgan fingerprint density at radius 3 is 1.41 bits per heavy atom. The van der Waals surface area contributed by atoms with Crippen LogP contribution in [-0.2, 0) is 0 Å². The lowest BCUT2D eigenvalue weighted by Gasteiger charge is -2.44. The van der Waals surface area contributed by atoms with E-state index in [1.54, 1.807) is 0 Å². The van der Waals surface area contributed by atoms with Crippen molar-refractivity contribution >= 4 is 0 Å². The monoisotopic (exact) mass is 353 g/mol. The number of rotatable bonds is 4. The average molecular weight is 354 g/mol. The SMILES string of the molecule is CN(C)[C@H]1[C@H](c2ccccc2)[C@@H](c2ccccc2)C=C[C@H]1c1ccccc1. The first-order valence-electron chi connectivity index (χ1n) is 9.75. The summed E-state index contributed by atoms with van der Waals surface area (Å²) in [6, 6.07) is 33.3. The Labute approximate surface area is 163 Å². The normalized spacial score (nSPS) is 24.9. The minimum atomic E-state index is 0.376. The first-order valence-corrected chi connectivity index (χ1v) is 9.75. The Balaban J connectivity index is 1.85. The van der Waals surface area contributed by atoms with Crippen LogP contribution in [0, 0.1) is 0 Å². The largest absolute Gasteiger partial charge is 0.305 e. The molecule has 4 rings (SSSR count). The predicted molar refractivity (Wildman–Crippen MR) is 114 cm³/mol.